The molecule has 0 aromatic carbocycles. The van der Waals surface area contributed by atoms with Crippen LogP contribution < -0.4 is 11.2 Å². The first kappa shape index (κ1) is 18.3. The normalized spacial score (nSPS) is 25.1. The molecule has 8 nitrogen and oxygen atoms in total. The maximum absolute atomic E-state index is 12.4. The number of aryl methyl sites for hydroxylation is 2. The predicted octanol–water partition coefficient (Wildman–Crippen LogP) is 1.83. The minimum absolute atomic E-state index is 0.0194. The standard InChI is InChI=1S/C18H27N7OS/c1-10-6-11(2)25(23-10)17-21-22-18(24(17)19)27-9-16(26)20-12(3)15-8-13-4-5-14(15)7-13/h6,12-15H,4-5,7-9,19H2,1-3H3,(H,20,26)/t12-,13+,14+,15+/m1/s1. The van der Waals surface area contributed by atoms with Crippen molar-refractivity contribution in [1.82, 2.24) is 30.0 Å². The van der Waals surface area contributed by atoms with Gasteiger partial charge in [-0.05, 0) is 63.9 Å². The van der Waals surface area contributed by atoms with Crippen molar-refractivity contribution in [2.75, 3.05) is 11.6 Å². The number of thioether (sulfide) groups is 1. The van der Waals surface area contributed by atoms with Gasteiger partial charge >= 0.3 is 0 Å². The van der Waals surface area contributed by atoms with Gasteiger partial charge < -0.3 is 11.2 Å². The summed E-state index contributed by atoms with van der Waals surface area (Å²) in [5.74, 6) is 9.18. The van der Waals surface area contributed by atoms with E-state index in [4.69, 9.17) is 5.84 Å². The van der Waals surface area contributed by atoms with Crippen LogP contribution in [0.1, 0.15) is 44.0 Å². The summed E-state index contributed by atoms with van der Waals surface area (Å²) in [6.45, 7) is 5.99. The predicted molar refractivity (Wildman–Crippen MR) is 104 cm³/mol. The van der Waals surface area contributed by atoms with Crippen LogP contribution >= 0.6 is 11.8 Å². The molecule has 2 fully saturated rings. The monoisotopic (exact) mass is 389 g/mol. The SMILES string of the molecule is Cc1cc(C)n(-c2nnc(SCC(=O)N[C@H](C)[C@@H]3C[C@H]4CC[C@H]3C4)n2N)n1. The summed E-state index contributed by atoms with van der Waals surface area (Å²) in [6.07, 6.45) is 5.32. The van der Waals surface area contributed by atoms with E-state index in [1.165, 1.54) is 42.1 Å². The average molecular weight is 390 g/mol. The molecule has 2 aliphatic carbocycles. The molecule has 0 aliphatic heterocycles. The summed E-state index contributed by atoms with van der Waals surface area (Å²) in [4.78, 5) is 12.4. The molecule has 2 heterocycles. The molecule has 27 heavy (non-hydrogen) atoms. The van der Waals surface area contributed by atoms with E-state index in [-0.39, 0.29) is 17.7 Å². The summed E-state index contributed by atoms with van der Waals surface area (Å²) < 4.78 is 3.04. The highest BCUT2D eigenvalue weighted by molar-refractivity contribution is 7.99. The molecule has 3 N–H and O–H groups in total. The van der Waals surface area contributed by atoms with Crippen molar-refractivity contribution in [1.29, 1.82) is 0 Å². The van der Waals surface area contributed by atoms with Crippen LogP contribution in [0.2, 0.25) is 0 Å². The Balaban J connectivity index is 1.33. The van der Waals surface area contributed by atoms with Gasteiger partial charge in [-0.25, -0.2) is 9.36 Å². The third-order valence-corrected chi connectivity index (χ3v) is 6.94. The fraction of sp³-hybridized carbons (Fsp3) is 0.667. The highest BCUT2D eigenvalue weighted by Gasteiger charge is 2.42. The molecule has 2 aromatic heterocycles. The van der Waals surface area contributed by atoms with E-state index in [0.717, 1.165) is 23.2 Å². The van der Waals surface area contributed by atoms with Gasteiger partial charge in [-0.1, -0.05) is 18.2 Å². The van der Waals surface area contributed by atoms with Gasteiger partial charge in [0.1, 0.15) is 0 Å². The summed E-state index contributed by atoms with van der Waals surface area (Å²) in [6, 6.07) is 2.18. The lowest BCUT2D eigenvalue weighted by Gasteiger charge is -2.28. The number of carbonyl (C=O) groups excluding carboxylic acids is 1. The Kier molecular flexibility index (Phi) is 4.88. The third-order valence-electron chi connectivity index (χ3n) is 6.00. The van der Waals surface area contributed by atoms with Crippen molar-refractivity contribution >= 4 is 17.7 Å². The Hall–Kier alpha value is -2.03. The van der Waals surface area contributed by atoms with E-state index in [1.54, 1.807) is 4.68 Å². The van der Waals surface area contributed by atoms with Gasteiger partial charge in [0.15, 0.2) is 0 Å². The lowest BCUT2D eigenvalue weighted by atomic mass is 9.84. The van der Waals surface area contributed by atoms with Gasteiger partial charge in [-0.3, -0.25) is 4.79 Å². The molecule has 2 aromatic rings. The van der Waals surface area contributed by atoms with Crippen molar-refractivity contribution < 1.29 is 4.79 Å². The number of hydrogen-bond donors (Lipinski definition) is 2. The van der Waals surface area contributed by atoms with Gasteiger partial charge in [0, 0.05) is 11.7 Å². The number of aromatic nitrogens is 5. The Morgan fingerprint density at radius 3 is 2.81 bits per heavy atom. The average Bonchev–Trinajstić information content (AvgIpc) is 3.38. The quantitative estimate of drug-likeness (QED) is 0.577. The number of nitrogen functional groups attached to an aromatic ring is 1. The Morgan fingerprint density at radius 2 is 2.19 bits per heavy atom. The first-order chi connectivity index (χ1) is 12.9. The van der Waals surface area contributed by atoms with E-state index in [9.17, 15) is 4.79 Å². The number of nitrogens with zero attached hydrogens (tertiary/aromatic N) is 5. The molecule has 1 amide bonds. The molecule has 0 unspecified atom stereocenters. The number of fused-ring (bicyclic) bond motifs is 2. The highest BCUT2D eigenvalue weighted by Crippen LogP contribution is 2.49. The van der Waals surface area contributed by atoms with Crippen molar-refractivity contribution in [2.24, 2.45) is 17.8 Å². The summed E-state index contributed by atoms with van der Waals surface area (Å²) in [5.41, 5.74) is 1.82. The molecule has 0 radical (unpaired) electrons. The lowest BCUT2D eigenvalue weighted by molar-refractivity contribution is -0.119. The summed E-state index contributed by atoms with van der Waals surface area (Å²) in [5, 5.41) is 16.3. The van der Waals surface area contributed by atoms with Gasteiger partial charge in [0.2, 0.25) is 11.1 Å². The Labute approximate surface area is 163 Å². The van der Waals surface area contributed by atoms with Crippen LogP contribution in [-0.4, -0.2) is 42.4 Å². The zero-order chi connectivity index (χ0) is 19.1. The van der Waals surface area contributed by atoms with E-state index >= 15 is 0 Å². The Morgan fingerprint density at radius 1 is 1.37 bits per heavy atom. The van der Waals surface area contributed by atoms with Crippen LogP contribution in [0.25, 0.3) is 5.95 Å². The number of nitrogens with one attached hydrogen (secondary N) is 1. The molecule has 2 saturated carbocycles. The maximum Gasteiger partial charge on any atom is 0.271 e. The van der Waals surface area contributed by atoms with Gasteiger partial charge in [0.05, 0.1) is 11.4 Å². The van der Waals surface area contributed by atoms with Crippen LogP contribution in [0.15, 0.2) is 11.2 Å². The molecular weight excluding hydrogens is 362 g/mol. The van der Waals surface area contributed by atoms with Crippen molar-refractivity contribution in [3.8, 4) is 5.95 Å². The lowest BCUT2D eigenvalue weighted by Crippen LogP contribution is -2.41. The fourth-order valence-corrected chi connectivity index (χ4v) is 5.45. The molecule has 2 bridgehead atoms. The smallest absolute Gasteiger partial charge is 0.271 e. The number of carbonyl (C=O) groups is 1. The number of nitrogens with two attached hydrogens (primary N) is 1. The van der Waals surface area contributed by atoms with Crippen molar-refractivity contribution in [3.63, 3.8) is 0 Å². The largest absolute Gasteiger partial charge is 0.353 e. The van der Waals surface area contributed by atoms with E-state index in [1.807, 2.05) is 19.9 Å². The zero-order valence-electron chi connectivity index (χ0n) is 16.1. The van der Waals surface area contributed by atoms with Crippen LogP contribution in [0.4, 0.5) is 0 Å². The van der Waals surface area contributed by atoms with Crippen LogP contribution in [0.5, 0.6) is 0 Å². The highest BCUT2D eigenvalue weighted by atomic mass is 32.2. The second-order valence-corrected chi connectivity index (χ2v) is 8.92. The van der Waals surface area contributed by atoms with Gasteiger partial charge in [0.25, 0.3) is 5.95 Å². The third kappa shape index (κ3) is 3.56. The Bertz CT molecular complexity index is 845. The van der Waals surface area contributed by atoms with Crippen LogP contribution in [0, 0.1) is 31.6 Å². The first-order valence-corrected chi connectivity index (χ1v) is 10.6. The molecule has 9 heteroatoms. The van der Waals surface area contributed by atoms with Crippen molar-refractivity contribution in [3.05, 3.63) is 17.5 Å². The van der Waals surface area contributed by atoms with E-state index in [0.29, 0.717) is 17.0 Å². The minimum Gasteiger partial charge on any atom is -0.353 e. The summed E-state index contributed by atoms with van der Waals surface area (Å²) in [7, 11) is 0. The molecule has 4 atom stereocenters. The number of hydrogen-bond acceptors (Lipinski definition) is 6. The van der Waals surface area contributed by atoms with Crippen molar-refractivity contribution in [2.45, 2.75) is 57.7 Å². The first-order valence-electron chi connectivity index (χ1n) is 9.58. The zero-order valence-corrected chi connectivity index (χ0v) is 16.9. The molecule has 0 saturated heterocycles. The van der Waals surface area contributed by atoms with E-state index in [2.05, 4.69) is 27.5 Å². The fourth-order valence-electron chi connectivity index (χ4n) is 4.78. The topological polar surface area (TPSA) is 104 Å². The summed E-state index contributed by atoms with van der Waals surface area (Å²) >= 11 is 1.29. The molecular formula is C18H27N7OS. The molecule has 2 aliphatic rings. The van der Waals surface area contributed by atoms with E-state index < -0.39 is 0 Å². The molecule has 4 rings (SSSR count). The number of amides is 1. The van der Waals surface area contributed by atoms with Gasteiger partial charge in [-0.2, -0.15) is 5.10 Å². The second kappa shape index (κ2) is 7.18. The van der Waals surface area contributed by atoms with Crippen LogP contribution in [-0.2, 0) is 4.79 Å². The molecule has 146 valence electrons. The van der Waals surface area contributed by atoms with Gasteiger partial charge in [-0.15, -0.1) is 10.2 Å². The van der Waals surface area contributed by atoms with Crippen LogP contribution in [0.3, 0.4) is 0 Å². The molecule has 0 spiro atoms. The number of rotatable bonds is 6. The minimum atomic E-state index is 0.0194. The second-order valence-electron chi connectivity index (χ2n) is 7.98. The maximum atomic E-state index is 12.4.